The summed E-state index contributed by atoms with van der Waals surface area (Å²) in [5, 5.41) is 17.9. The molecule has 0 saturated heterocycles. The van der Waals surface area contributed by atoms with E-state index in [4.69, 9.17) is 4.52 Å². The lowest BCUT2D eigenvalue weighted by molar-refractivity contribution is -0.138. The van der Waals surface area contributed by atoms with Crippen molar-refractivity contribution in [1.82, 2.24) is 10.5 Å². The van der Waals surface area contributed by atoms with Gasteiger partial charge in [0.1, 0.15) is 11.6 Å². The fraction of sp³-hybridized carbons (Fsp3) is 0.294. The Bertz CT molecular complexity index is 809. The monoisotopic (exact) mass is 395 g/mol. The Morgan fingerprint density at radius 2 is 1.89 bits per heavy atom. The molecule has 0 aliphatic carbocycles. The number of anilines is 1. The fourth-order valence-corrected chi connectivity index (χ4v) is 2.80. The zero-order chi connectivity index (χ0) is 19.8. The molecule has 27 heavy (non-hydrogen) atoms. The number of carboxylic acids is 1. The minimum atomic E-state index is -1.13. The lowest BCUT2D eigenvalue weighted by atomic mass is 9.99. The predicted molar refractivity (Wildman–Crippen MR) is 97.0 cm³/mol. The average Bonchev–Trinajstić information content (AvgIpc) is 3.01. The van der Waals surface area contributed by atoms with Crippen molar-refractivity contribution in [1.29, 1.82) is 0 Å². The molecule has 0 radical (unpaired) electrons. The van der Waals surface area contributed by atoms with E-state index >= 15 is 0 Å². The van der Waals surface area contributed by atoms with Crippen LogP contribution in [0.15, 0.2) is 34.9 Å². The number of aryl methyl sites for hydroxylation is 1. The molecule has 8 nitrogen and oxygen atoms in total. The van der Waals surface area contributed by atoms with Crippen LogP contribution in [-0.4, -0.2) is 46.1 Å². The van der Waals surface area contributed by atoms with Gasteiger partial charge in [0.15, 0.2) is 5.82 Å². The Labute approximate surface area is 158 Å². The van der Waals surface area contributed by atoms with E-state index in [1.165, 1.54) is 12.1 Å². The van der Waals surface area contributed by atoms with Crippen LogP contribution in [0.5, 0.6) is 0 Å². The molecule has 3 N–H and O–H groups in total. The SMILES string of the molecule is Cc1cc(NC(=O)CSCC(=O)NCC(C(=O)O)c2ccc(F)cc2)no1. The number of carbonyl (C=O) groups is 3. The van der Waals surface area contributed by atoms with E-state index in [0.717, 1.165) is 23.9 Å². The fourth-order valence-electron chi connectivity index (χ4n) is 2.15. The second-order valence-corrected chi connectivity index (χ2v) is 6.60. The number of halogens is 1. The molecule has 0 saturated carbocycles. The largest absolute Gasteiger partial charge is 0.481 e. The summed E-state index contributed by atoms with van der Waals surface area (Å²) in [4.78, 5) is 34.9. The van der Waals surface area contributed by atoms with Crippen molar-refractivity contribution in [2.24, 2.45) is 0 Å². The minimum Gasteiger partial charge on any atom is -0.481 e. The summed E-state index contributed by atoms with van der Waals surface area (Å²) in [6, 6.07) is 6.63. The molecule has 0 aliphatic rings. The van der Waals surface area contributed by atoms with E-state index in [0.29, 0.717) is 17.1 Å². The van der Waals surface area contributed by atoms with Crippen LogP contribution in [-0.2, 0) is 14.4 Å². The molecule has 1 aromatic carbocycles. The van der Waals surface area contributed by atoms with Gasteiger partial charge in [0.25, 0.3) is 0 Å². The Balaban J connectivity index is 1.73. The van der Waals surface area contributed by atoms with Crippen molar-refractivity contribution in [3.8, 4) is 0 Å². The van der Waals surface area contributed by atoms with Gasteiger partial charge >= 0.3 is 5.97 Å². The number of aliphatic carboxylic acids is 1. The first-order valence-corrected chi connectivity index (χ1v) is 9.06. The first-order valence-electron chi connectivity index (χ1n) is 7.91. The van der Waals surface area contributed by atoms with Gasteiger partial charge in [-0.25, -0.2) is 4.39 Å². The van der Waals surface area contributed by atoms with Gasteiger partial charge in [0.2, 0.25) is 11.8 Å². The van der Waals surface area contributed by atoms with Crippen LogP contribution in [0.3, 0.4) is 0 Å². The number of carboxylic acid groups (broad SMARTS) is 1. The second kappa shape index (κ2) is 9.72. The highest BCUT2D eigenvalue weighted by atomic mass is 32.2. The summed E-state index contributed by atoms with van der Waals surface area (Å²) in [6.45, 7) is 1.56. The Morgan fingerprint density at radius 1 is 1.22 bits per heavy atom. The molecule has 144 valence electrons. The third-order valence-electron chi connectivity index (χ3n) is 3.44. The maximum Gasteiger partial charge on any atom is 0.312 e. The molecule has 0 aliphatic heterocycles. The molecule has 10 heteroatoms. The number of nitrogens with one attached hydrogen (secondary N) is 2. The number of nitrogens with zero attached hydrogens (tertiary/aromatic N) is 1. The Kier molecular flexibility index (Phi) is 7.35. The van der Waals surface area contributed by atoms with Crippen molar-refractivity contribution >= 4 is 35.4 Å². The number of aromatic nitrogens is 1. The molecule has 1 unspecified atom stereocenters. The van der Waals surface area contributed by atoms with Gasteiger partial charge in [0, 0.05) is 12.6 Å². The topological polar surface area (TPSA) is 122 Å². The smallest absolute Gasteiger partial charge is 0.312 e. The highest BCUT2D eigenvalue weighted by Gasteiger charge is 2.20. The van der Waals surface area contributed by atoms with Gasteiger partial charge in [-0.3, -0.25) is 14.4 Å². The van der Waals surface area contributed by atoms with Crippen LogP contribution in [0.2, 0.25) is 0 Å². The lowest BCUT2D eigenvalue weighted by Crippen LogP contribution is -2.33. The lowest BCUT2D eigenvalue weighted by Gasteiger charge is -2.13. The first kappa shape index (κ1) is 20.4. The molecule has 2 aromatic rings. The maximum absolute atomic E-state index is 12.9. The van der Waals surface area contributed by atoms with E-state index in [9.17, 15) is 23.9 Å². The average molecular weight is 395 g/mol. The van der Waals surface area contributed by atoms with Crippen LogP contribution in [0.4, 0.5) is 10.2 Å². The summed E-state index contributed by atoms with van der Waals surface area (Å²) in [7, 11) is 0. The number of hydrogen-bond donors (Lipinski definition) is 3. The van der Waals surface area contributed by atoms with Crippen LogP contribution >= 0.6 is 11.8 Å². The molecule has 1 aromatic heterocycles. The van der Waals surface area contributed by atoms with E-state index in [1.807, 2.05) is 0 Å². The molecule has 1 heterocycles. The van der Waals surface area contributed by atoms with Crippen molar-refractivity contribution in [2.75, 3.05) is 23.4 Å². The van der Waals surface area contributed by atoms with Gasteiger partial charge in [-0.15, -0.1) is 11.8 Å². The van der Waals surface area contributed by atoms with E-state index < -0.39 is 23.6 Å². The van der Waals surface area contributed by atoms with Crippen molar-refractivity contribution in [3.05, 3.63) is 47.5 Å². The molecular weight excluding hydrogens is 377 g/mol. The normalized spacial score (nSPS) is 11.6. The summed E-state index contributed by atoms with van der Waals surface area (Å²) >= 11 is 1.07. The highest BCUT2D eigenvalue weighted by molar-refractivity contribution is 8.00. The van der Waals surface area contributed by atoms with Gasteiger partial charge in [-0.1, -0.05) is 17.3 Å². The molecule has 2 rings (SSSR count). The summed E-state index contributed by atoms with van der Waals surface area (Å²) in [5.41, 5.74) is 0.388. The van der Waals surface area contributed by atoms with Gasteiger partial charge in [0.05, 0.1) is 17.4 Å². The quantitative estimate of drug-likeness (QED) is 0.592. The standard InChI is InChI=1S/C17H18FN3O5S/c1-10-6-14(21-26-10)20-16(23)9-27-8-15(22)19-7-13(17(24)25)11-2-4-12(18)5-3-11/h2-6,13H,7-9H2,1H3,(H,19,22)(H,24,25)(H,20,21,23). The van der Waals surface area contributed by atoms with Gasteiger partial charge in [-0.2, -0.15) is 0 Å². The molecule has 1 atom stereocenters. The van der Waals surface area contributed by atoms with Crippen molar-refractivity contribution < 1.29 is 28.4 Å². The van der Waals surface area contributed by atoms with Crippen molar-refractivity contribution in [2.45, 2.75) is 12.8 Å². The van der Waals surface area contributed by atoms with Crippen LogP contribution in [0.1, 0.15) is 17.2 Å². The van der Waals surface area contributed by atoms with Crippen molar-refractivity contribution in [3.63, 3.8) is 0 Å². The number of carbonyl (C=O) groups excluding carboxylic acids is 2. The zero-order valence-electron chi connectivity index (χ0n) is 14.4. The molecule has 0 spiro atoms. The second-order valence-electron chi connectivity index (χ2n) is 5.61. The van der Waals surface area contributed by atoms with Gasteiger partial charge in [-0.05, 0) is 24.6 Å². The number of hydrogen-bond acceptors (Lipinski definition) is 6. The van der Waals surface area contributed by atoms with E-state index in [1.54, 1.807) is 13.0 Å². The van der Waals surface area contributed by atoms with Crippen LogP contribution in [0, 0.1) is 12.7 Å². The van der Waals surface area contributed by atoms with E-state index in [2.05, 4.69) is 15.8 Å². The predicted octanol–water partition coefficient (Wildman–Crippen LogP) is 1.78. The third-order valence-corrected chi connectivity index (χ3v) is 4.37. The number of amides is 2. The number of thioether (sulfide) groups is 1. The molecule has 0 fully saturated rings. The zero-order valence-corrected chi connectivity index (χ0v) is 15.2. The summed E-state index contributed by atoms with van der Waals surface area (Å²) < 4.78 is 17.8. The summed E-state index contributed by atoms with van der Waals surface area (Å²) in [6.07, 6.45) is 0. The minimum absolute atomic E-state index is 0.0129. The molecule has 2 amide bonds. The highest BCUT2D eigenvalue weighted by Crippen LogP contribution is 2.16. The molecular formula is C17H18FN3O5S. The van der Waals surface area contributed by atoms with Crippen LogP contribution < -0.4 is 10.6 Å². The van der Waals surface area contributed by atoms with Crippen LogP contribution in [0.25, 0.3) is 0 Å². The first-order chi connectivity index (χ1) is 12.8. The number of rotatable bonds is 9. The third kappa shape index (κ3) is 6.74. The molecule has 0 bridgehead atoms. The van der Waals surface area contributed by atoms with Gasteiger partial charge < -0.3 is 20.3 Å². The summed E-state index contributed by atoms with van der Waals surface area (Å²) in [5.74, 6) is -2.45. The van der Waals surface area contributed by atoms with E-state index in [-0.39, 0.29) is 24.0 Å². The Morgan fingerprint density at radius 3 is 2.48 bits per heavy atom. The Hall–Kier alpha value is -2.88. The number of benzene rings is 1. The maximum atomic E-state index is 12.9.